The van der Waals surface area contributed by atoms with Crippen LogP contribution in [0.15, 0.2) is 48.5 Å². The van der Waals surface area contributed by atoms with Crippen LogP contribution in [0.1, 0.15) is 57.7 Å². The van der Waals surface area contributed by atoms with Gasteiger partial charge in [-0.15, -0.1) is 0 Å². The maximum atomic E-state index is 10.8. The van der Waals surface area contributed by atoms with Gasteiger partial charge in [-0.25, -0.2) is 0 Å². The number of benzene rings is 2. The van der Waals surface area contributed by atoms with E-state index in [1.165, 1.54) is 0 Å². The SMILES string of the molecule is CCC(c1ccccc1)(c1cc(CO)ccc1O)N(C(C)C)C(C)C. The van der Waals surface area contributed by atoms with E-state index < -0.39 is 5.54 Å². The number of phenols is 1. The van der Waals surface area contributed by atoms with Gasteiger partial charge in [0, 0.05) is 17.6 Å². The minimum atomic E-state index is -0.459. The van der Waals surface area contributed by atoms with Crippen LogP contribution >= 0.6 is 0 Å². The van der Waals surface area contributed by atoms with E-state index in [1.54, 1.807) is 12.1 Å². The third-order valence-electron chi connectivity index (χ3n) is 5.01. The zero-order valence-corrected chi connectivity index (χ0v) is 16.0. The monoisotopic (exact) mass is 341 g/mol. The minimum Gasteiger partial charge on any atom is -0.508 e. The van der Waals surface area contributed by atoms with Gasteiger partial charge in [0.2, 0.25) is 0 Å². The molecule has 2 N–H and O–H groups in total. The molecule has 1 atom stereocenters. The predicted octanol–water partition coefficient (Wildman–Crippen LogP) is 4.66. The lowest BCUT2D eigenvalue weighted by atomic mass is 9.76. The summed E-state index contributed by atoms with van der Waals surface area (Å²) in [4.78, 5) is 2.46. The summed E-state index contributed by atoms with van der Waals surface area (Å²) in [5, 5.41) is 20.4. The molecule has 2 rings (SSSR count). The van der Waals surface area contributed by atoms with Gasteiger partial charge in [0.25, 0.3) is 0 Å². The molecule has 3 heteroatoms. The van der Waals surface area contributed by atoms with Crippen molar-refractivity contribution in [1.82, 2.24) is 4.90 Å². The van der Waals surface area contributed by atoms with Crippen LogP contribution in [0.3, 0.4) is 0 Å². The number of rotatable bonds is 7. The van der Waals surface area contributed by atoms with Crippen LogP contribution in [0.25, 0.3) is 0 Å². The Bertz CT molecular complexity index is 674. The fourth-order valence-corrected chi connectivity index (χ4v) is 4.23. The number of hydrogen-bond acceptors (Lipinski definition) is 3. The molecule has 2 aromatic rings. The smallest absolute Gasteiger partial charge is 0.121 e. The molecule has 0 heterocycles. The maximum absolute atomic E-state index is 10.8. The summed E-state index contributed by atoms with van der Waals surface area (Å²) in [7, 11) is 0. The molecule has 3 nitrogen and oxygen atoms in total. The predicted molar refractivity (Wildman–Crippen MR) is 104 cm³/mol. The number of aromatic hydroxyl groups is 1. The van der Waals surface area contributed by atoms with Gasteiger partial charge in [0.1, 0.15) is 5.75 Å². The highest BCUT2D eigenvalue weighted by Crippen LogP contribution is 2.45. The molecule has 0 bridgehead atoms. The molecular formula is C22H31NO2. The molecule has 0 radical (unpaired) electrons. The van der Waals surface area contributed by atoms with Crippen molar-refractivity contribution in [2.75, 3.05) is 0 Å². The zero-order chi connectivity index (χ0) is 18.6. The third-order valence-corrected chi connectivity index (χ3v) is 5.01. The first-order chi connectivity index (χ1) is 11.9. The fourth-order valence-electron chi connectivity index (χ4n) is 4.23. The van der Waals surface area contributed by atoms with Crippen LogP contribution in [-0.4, -0.2) is 27.2 Å². The molecule has 0 saturated carbocycles. The van der Waals surface area contributed by atoms with Crippen molar-refractivity contribution in [2.24, 2.45) is 0 Å². The lowest BCUT2D eigenvalue weighted by Crippen LogP contribution is -2.53. The lowest BCUT2D eigenvalue weighted by Gasteiger charge is -2.49. The van der Waals surface area contributed by atoms with E-state index in [4.69, 9.17) is 0 Å². The molecule has 1 unspecified atom stereocenters. The van der Waals surface area contributed by atoms with Crippen LogP contribution in [-0.2, 0) is 12.1 Å². The van der Waals surface area contributed by atoms with E-state index in [9.17, 15) is 10.2 Å². The highest BCUT2D eigenvalue weighted by molar-refractivity contribution is 5.48. The first kappa shape index (κ1) is 19.5. The third kappa shape index (κ3) is 3.58. The van der Waals surface area contributed by atoms with Crippen molar-refractivity contribution in [1.29, 1.82) is 0 Å². The Balaban J connectivity index is 2.85. The van der Waals surface area contributed by atoms with E-state index >= 15 is 0 Å². The van der Waals surface area contributed by atoms with Crippen molar-refractivity contribution < 1.29 is 10.2 Å². The zero-order valence-electron chi connectivity index (χ0n) is 16.0. The highest BCUT2D eigenvalue weighted by atomic mass is 16.3. The summed E-state index contributed by atoms with van der Waals surface area (Å²) in [5.41, 5.74) is 2.37. The van der Waals surface area contributed by atoms with Crippen molar-refractivity contribution in [2.45, 2.75) is 65.3 Å². The van der Waals surface area contributed by atoms with Crippen LogP contribution in [0, 0.1) is 0 Å². The van der Waals surface area contributed by atoms with E-state index in [1.807, 2.05) is 24.3 Å². The first-order valence-electron chi connectivity index (χ1n) is 9.15. The van der Waals surface area contributed by atoms with Crippen LogP contribution in [0.2, 0.25) is 0 Å². The molecule has 25 heavy (non-hydrogen) atoms. The number of aliphatic hydroxyl groups is 1. The Morgan fingerprint density at radius 2 is 1.56 bits per heavy atom. The van der Waals surface area contributed by atoms with Crippen molar-refractivity contribution >= 4 is 0 Å². The fraction of sp³-hybridized carbons (Fsp3) is 0.455. The van der Waals surface area contributed by atoms with E-state index in [2.05, 4.69) is 51.7 Å². The Labute approximate surface area is 151 Å². The van der Waals surface area contributed by atoms with Gasteiger partial charge < -0.3 is 10.2 Å². The summed E-state index contributed by atoms with van der Waals surface area (Å²) in [5.74, 6) is 0.272. The molecular weight excluding hydrogens is 310 g/mol. The van der Waals surface area contributed by atoms with Gasteiger partial charge in [-0.1, -0.05) is 43.3 Å². The summed E-state index contributed by atoms with van der Waals surface area (Å²) < 4.78 is 0. The number of nitrogens with zero attached hydrogens (tertiary/aromatic N) is 1. The Morgan fingerprint density at radius 3 is 2.04 bits per heavy atom. The summed E-state index contributed by atoms with van der Waals surface area (Å²) in [6.07, 6.45) is 0.815. The second kappa shape index (κ2) is 8.03. The van der Waals surface area contributed by atoms with Crippen molar-refractivity contribution in [3.05, 3.63) is 65.2 Å². The van der Waals surface area contributed by atoms with Gasteiger partial charge >= 0.3 is 0 Å². The van der Waals surface area contributed by atoms with E-state index in [-0.39, 0.29) is 24.4 Å². The second-order valence-corrected chi connectivity index (χ2v) is 7.18. The second-order valence-electron chi connectivity index (χ2n) is 7.18. The Kier molecular flexibility index (Phi) is 6.26. The van der Waals surface area contributed by atoms with Crippen LogP contribution in [0.5, 0.6) is 5.75 Å². The molecule has 0 aromatic heterocycles. The van der Waals surface area contributed by atoms with Gasteiger partial charge in [-0.3, -0.25) is 4.90 Å². The minimum absolute atomic E-state index is 0.0365. The molecule has 0 spiro atoms. The molecule has 0 aliphatic heterocycles. The normalized spacial score (nSPS) is 14.3. The molecule has 136 valence electrons. The van der Waals surface area contributed by atoms with E-state index in [0.717, 1.165) is 23.1 Å². The van der Waals surface area contributed by atoms with Crippen LogP contribution in [0.4, 0.5) is 0 Å². The first-order valence-corrected chi connectivity index (χ1v) is 9.15. The molecule has 0 amide bonds. The number of aliphatic hydroxyl groups excluding tert-OH is 1. The number of phenolic OH excluding ortho intramolecular Hbond substituents is 1. The van der Waals surface area contributed by atoms with Gasteiger partial charge in [-0.2, -0.15) is 0 Å². The van der Waals surface area contributed by atoms with Crippen LogP contribution < -0.4 is 0 Å². The van der Waals surface area contributed by atoms with Crippen molar-refractivity contribution in [3.8, 4) is 5.75 Å². The summed E-state index contributed by atoms with van der Waals surface area (Å²) >= 11 is 0. The molecule has 0 saturated heterocycles. The maximum Gasteiger partial charge on any atom is 0.121 e. The molecule has 0 fully saturated rings. The molecule has 0 aliphatic rings. The molecule has 0 aliphatic carbocycles. The average Bonchev–Trinajstić information content (AvgIpc) is 2.60. The van der Waals surface area contributed by atoms with Gasteiger partial charge in [-0.05, 0) is 57.4 Å². The van der Waals surface area contributed by atoms with Crippen molar-refractivity contribution in [3.63, 3.8) is 0 Å². The van der Waals surface area contributed by atoms with E-state index in [0.29, 0.717) is 0 Å². The Morgan fingerprint density at radius 1 is 0.960 bits per heavy atom. The molecule has 2 aromatic carbocycles. The Hall–Kier alpha value is -1.84. The lowest BCUT2D eigenvalue weighted by molar-refractivity contribution is 0.0459. The standard InChI is InChI=1S/C22H31NO2/c1-6-22(19-10-8-7-9-11-19,23(16(2)3)17(4)5)20-14-18(15-24)12-13-21(20)25/h7-14,16-17,24-25H,6,15H2,1-5H3. The summed E-state index contributed by atoms with van der Waals surface area (Å²) in [6, 6.07) is 16.4. The summed E-state index contributed by atoms with van der Waals surface area (Å²) in [6.45, 7) is 10.9. The topological polar surface area (TPSA) is 43.7 Å². The average molecular weight is 341 g/mol. The quantitative estimate of drug-likeness (QED) is 0.770. The number of hydrogen-bond donors (Lipinski definition) is 2. The highest BCUT2D eigenvalue weighted by Gasteiger charge is 2.43. The van der Waals surface area contributed by atoms with Gasteiger partial charge in [0.05, 0.1) is 12.1 Å². The van der Waals surface area contributed by atoms with Gasteiger partial charge in [0.15, 0.2) is 0 Å². The largest absolute Gasteiger partial charge is 0.508 e.